The van der Waals surface area contributed by atoms with Gasteiger partial charge in [0.25, 0.3) is 0 Å². The molecule has 2 N–H and O–H groups in total. The van der Waals surface area contributed by atoms with Crippen molar-refractivity contribution in [2.75, 3.05) is 7.05 Å². The molecule has 25 heavy (non-hydrogen) atoms. The molecule has 0 saturated heterocycles. The Kier molecular flexibility index (Phi) is 5.02. The molecular weight excluding hydrogens is 357 g/mol. The summed E-state index contributed by atoms with van der Waals surface area (Å²) in [5.41, 5.74) is 7.31. The number of amides is 1. The average molecular weight is 376 g/mol. The molecule has 1 heterocycles. The highest BCUT2D eigenvalue weighted by Gasteiger charge is 2.40. The number of carbonyl (C=O) groups is 1. The molecule has 0 bridgehead atoms. The first kappa shape index (κ1) is 17.8. The number of nitrogens with zero attached hydrogens (tertiary/aromatic N) is 2. The third kappa shape index (κ3) is 3.65. The lowest BCUT2D eigenvalue weighted by atomic mass is 9.80. The molecule has 1 amide bonds. The van der Waals surface area contributed by atoms with E-state index >= 15 is 0 Å². The Bertz CT molecular complexity index is 823. The highest BCUT2D eigenvalue weighted by Crippen LogP contribution is 2.39. The highest BCUT2D eigenvalue weighted by atomic mass is 35.5. The maximum absolute atomic E-state index is 12.5. The summed E-state index contributed by atoms with van der Waals surface area (Å²) in [5, 5.41) is 0.915. The van der Waals surface area contributed by atoms with Gasteiger partial charge in [-0.2, -0.15) is 0 Å². The van der Waals surface area contributed by atoms with E-state index in [4.69, 9.17) is 33.9 Å². The van der Waals surface area contributed by atoms with Gasteiger partial charge in [0.2, 0.25) is 5.91 Å². The monoisotopic (exact) mass is 375 g/mol. The van der Waals surface area contributed by atoms with Gasteiger partial charge in [-0.05, 0) is 36.1 Å². The van der Waals surface area contributed by atoms with Gasteiger partial charge < -0.3 is 5.73 Å². The van der Waals surface area contributed by atoms with Crippen molar-refractivity contribution in [1.82, 2.24) is 4.90 Å². The minimum atomic E-state index is -0.738. The predicted molar refractivity (Wildman–Crippen MR) is 102 cm³/mol. The maximum atomic E-state index is 12.5. The van der Waals surface area contributed by atoms with Crippen molar-refractivity contribution >= 4 is 35.1 Å². The van der Waals surface area contributed by atoms with Gasteiger partial charge in [0, 0.05) is 7.05 Å². The van der Waals surface area contributed by atoms with E-state index in [9.17, 15) is 4.79 Å². The number of nitrogens with two attached hydrogens (primary N) is 1. The van der Waals surface area contributed by atoms with Crippen LogP contribution in [0.25, 0.3) is 0 Å². The minimum Gasteiger partial charge on any atom is -0.369 e. The van der Waals surface area contributed by atoms with Gasteiger partial charge in [-0.25, -0.2) is 4.99 Å². The normalized spacial score (nSPS) is 20.5. The Balaban J connectivity index is 2.02. The Labute approximate surface area is 157 Å². The summed E-state index contributed by atoms with van der Waals surface area (Å²) in [6.45, 7) is 0. The number of hydrogen-bond acceptors (Lipinski definition) is 3. The number of rotatable bonds is 4. The van der Waals surface area contributed by atoms with Crippen LogP contribution >= 0.6 is 23.2 Å². The van der Waals surface area contributed by atoms with Crippen molar-refractivity contribution in [3.8, 4) is 0 Å². The summed E-state index contributed by atoms with van der Waals surface area (Å²) < 4.78 is 0. The van der Waals surface area contributed by atoms with E-state index in [1.165, 1.54) is 10.5 Å². The highest BCUT2D eigenvalue weighted by molar-refractivity contribution is 6.42. The predicted octanol–water partition coefficient (Wildman–Crippen LogP) is 4.00. The SMILES string of the molecule is CN1C(=O)CC(CCc2ccccc2)(c2ccc(Cl)c(Cl)c2)N=C1N. The van der Waals surface area contributed by atoms with Crippen molar-refractivity contribution in [3.05, 3.63) is 69.7 Å². The molecule has 0 aromatic heterocycles. The van der Waals surface area contributed by atoms with Crippen LogP contribution in [0.3, 0.4) is 0 Å². The van der Waals surface area contributed by atoms with Crippen molar-refractivity contribution in [2.45, 2.75) is 24.8 Å². The molecule has 0 spiro atoms. The van der Waals surface area contributed by atoms with Crippen LogP contribution in [0, 0.1) is 0 Å². The van der Waals surface area contributed by atoms with Crippen LogP contribution in [0.5, 0.6) is 0 Å². The summed E-state index contributed by atoms with van der Waals surface area (Å²) >= 11 is 12.3. The van der Waals surface area contributed by atoms with Gasteiger partial charge in [0.1, 0.15) is 0 Å². The maximum Gasteiger partial charge on any atom is 0.231 e. The van der Waals surface area contributed by atoms with Gasteiger partial charge in [0.05, 0.1) is 22.0 Å². The van der Waals surface area contributed by atoms with E-state index in [0.717, 1.165) is 12.0 Å². The van der Waals surface area contributed by atoms with Crippen LogP contribution in [0.4, 0.5) is 0 Å². The summed E-state index contributed by atoms with van der Waals surface area (Å²) in [7, 11) is 1.64. The van der Waals surface area contributed by atoms with E-state index in [2.05, 4.69) is 12.1 Å². The molecule has 0 aliphatic carbocycles. The van der Waals surface area contributed by atoms with E-state index in [1.807, 2.05) is 24.3 Å². The molecule has 3 rings (SSSR count). The van der Waals surface area contributed by atoms with Crippen LogP contribution in [0.15, 0.2) is 53.5 Å². The summed E-state index contributed by atoms with van der Waals surface area (Å²) in [5.74, 6) is 0.155. The average Bonchev–Trinajstić information content (AvgIpc) is 2.61. The lowest BCUT2D eigenvalue weighted by molar-refractivity contribution is -0.128. The van der Waals surface area contributed by atoms with E-state index in [1.54, 1.807) is 19.2 Å². The molecule has 0 fully saturated rings. The zero-order valence-corrected chi connectivity index (χ0v) is 15.4. The molecule has 1 atom stereocenters. The van der Waals surface area contributed by atoms with Crippen molar-refractivity contribution in [1.29, 1.82) is 0 Å². The second-order valence-electron chi connectivity index (χ2n) is 6.25. The minimum absolute atomic E-state index is 0.0633. The molecule has 0 radical (unpaired) electrons. The molecule has 1 aliphatic rings. The number of aryl methyl sites for hydroxylation is 1. The Morgan fingerprint density at radius 3 is 2.52 bits per heavy atom. The fraction of sp³-hybridized carbons (Fsp3) is 0.263. The first-order valence-electron chi connectivity index (χ1n) is 8.03. The molecule has 2 aromatic carbocycles. The second-order valence-corrected chi connectivity index (χ2v) is 7.06. The number of halogens is 2. The largest absolute Gasteiger partial charge is 0.369 e. The van der Waals surface area contributed by atoms with Gasteiger partial charge in [-0.15, -0.1) is 0 Å². The Hall–Kier alpha value is -2.04. The third-order valence-corrected chi connectivity index (χ3v) is 5.36. The van der Waals surface area contributed by atoms with Crippen LogP contribution in [-0.4, -0.2) is 23.8 Å². The standard InChI is InChI=1S/C19H19Cl2N3O/c1-24-17(25)12-19(23-18(24)22,10-9-13-5-3-2-4-6-13)14-7-8-15(20)16(21)11-14/h2-8,11H,9-10,12H2,1H3,(H2,22,23). The van der Waals surface area contributed by atoms with E-state index in [-0.39, 0.29) is 18.3 Å². The molecule has 130 valence electrons. The van der Waals surface area contributed by atoms with Crippen molar-refractivity contribution in [2.24, 2.45) is 10.7 Å². The smallest absolute Gasteiger partial charge is 0.231 e. The van der Waals surface area contributed by atoms with Gasteiger partial charge >= 0.3 is 0 Å². The number of aliphatic imine (C=N–C) groups is 1. The second kappa shape index (κ2) is 7.06. The zero-order valence-electron chi connectivity index (χ0n) is 13.9. The summed E-state index contributed by atoms with van der Waals surface area (Å²) in [6, 6.07) is 15.5. The quantitative estimate of drug-likeness (QED) is 0.877. The lowest BCUT2D eigenvalue weighted by Crippen LogP contribution is -2.48. The number of benzene rings is 2. The van der Waals surface area contributed by atoms with Gasteiger partial charge in [-0.1, -0.05) is 59.6 Å². The summed E-state index contributed by atoms with van der Waals surface area (Å²) in [6.07, 6.45) is 1.67. The van der Waals surface area contributed by atoms with Crippen LogP contribution in [0.1, 0.15) is 24.0 Å². The molecule has 2 aromatic rings. The zero-order chi connectivity index (χ0) is 18.0. The number of carbonyl (C=O) groups excluding carboxylic acids is 1. The lowest BCUT2D eigenvalue weighted by Gasteiger charge is -2.37. The number of hydrogen-bond donors (Lipinski definition) is 1. The molecule has 4 nitrogen and oxygen atoms in total. The van der Waals surface area contributed by atoms with E-state index in [0.29, 0.717) is 16.5 Å². The molecule has 1 aliphatic heterocycles. The molecular formula is C19H19Cl2N3O. The summed E-state index contributed by atoms with van der Waals surface area (Å²) in [4.78, 5) is 18.5. The Morgan fingerprint density at radius 1 is 1.16 bits per heavy atom. The van der Waals surface area contributed by atoms with Crippen molar-refractivity contribution < 1.29 is 4.79 Å². The van der Waals surface area contributed by atoms with Gasteiger partial charge in [0.15, 0.2) is 5.96 Å². The fourth-order valence-corrected chi connectivity index (χ4v) is 3.37. The topological polar surface area (TPSA) is 58.7 Å². The molecule has 1 unspecified atom stereocenters. The molecule has 6 heteroatoms. The Morgan fingerprint density at radius 2 is 1.88 bits per heavy atom. The first-order valence-corrected chi connectivity index (χ1v) is 8.78. The van der Waals surface area contributed by atoms with Crippen molar-refractivity contribution in [3.63, 3.8) is 0 Å². The van der Waals surface area contributed by atoms with Crippen LogP contribution < -0.4 is 5.73 Å². The third-order valence-electron chi connectivity index (χ3n) is 4.62. The van der Waals surface area contributed by atoms with Gasteiger partial charge in [-0.3, -0.25) is 9.69 Å². The fourth-order valence-electron chi connectivity index (χ4n) is 3.07. The number of guanidine groups is 1. The van der Waals surface area contributed by atoms with Crippen LogP contribution in [0.2, 0.25) is 10.0 Å². The first-order chi connectivity index (χ1) is 11.9. The molecule has 0 saturated carbocycles. The van der Waals surface area contributed by atoms with E-state index < -0.39 is 5.54 Å². The van der Waals surface area contributed by atoms with Crippen LogP contribution in [-0.2, 0) is 16.8 Å².